The molecule has 1 saturated heterocycles. The lowest BCUT2D eigenvalue weighted by Crippen LogP contribution is -2.27. The number of anilines is 3. The molecule has 0 saturated carbocycles. The van der Waals surface area contributed by atoms with Crippen LogP contribution >= 0.6 is 0 Å². The number of esters is 1. The molecule has 1 aromatic carbocycles. The maximum atomic E-state index is 12.1. The Labute approximate surface area is 149 Å². The number of nitrogens with zero attached hydrogens (tertiary/aromatic N) is 3. The molecule has 26 heavy (non-hydrogen) atoms. The van der Waals surface area contributed by atoms with Crippen LogP contribution in [0.5, 0.6) is 0 Å². The highest BCUT2D eigenvalue weighted by atomic mass is 16.5. The second-order valence-corrected chi connectivity index (χ2v) is 5.58. The van der Waals surface area contributed by atoms with Gasteiger partial charge in [-0.25, -0.2) is 14.8 Å². The van der Waals surface area contributed by atoms with E-state index in [4.69, 9.17) is 10.5 Å². The summed E-state index contributed by atoms with van der Waals surface area (Å²) in [5, 5.41) is 2.65. The van der Waals surface area contributed by atoms with Crippen molar-refractivity contribution in [3.8, 4) is 0 Å². The molecule has 0 aliphatic carbocycles. The van der Waals surface area contributed by atoms with Crippen molar-refractivity contribution >= 4 is 35.0 Å². The lowest BCUT2D eigenvalue weighted by Gasteiger charge is -2.19. The summed E-state index contributed by atoms with van der Waals surface area (Å²) < 4.78 is 4.92. The Morgan fingerprint density at radius 3 is 2.73 bits per heavy atom. The van der Waals surface area contributed by atoms with Gasteiger partial charge in [-0.1, -0.05) is 12.1 Å². The van der Waals surface area contributed by atoms with E-state index >= 15 is 0 Å². The molecule has 3 rings (SSSR count). The molecule has 1 aromatic heterocycles. The molecule has 0 atom stereocenters. The third kappa shape index (κ3) is 3.77. The third-order valence-corrected chi connectivity index (χ3v) is 3.80. The van der Waals surface area contributed by atoms with E-state index < -0.39 is 18.5 Å². The third-order valence-electron chi connectivity index (χ3n) is 3.80. The molecule has 1 aliphatic rings. The van der Waals surface area contributed by atoms with Gasteiger partial charge in [-0.05, 0) is 18.6 Å². The summed E-state index contributed by atoms with van der Waals surface area (Å²) in [5.74, 6) is -1.44. The summed E-state index contributed by atoms with van der Waals surface area (Å²) in [6.07, 6.45) is 3.91. The number of hydrogen-bond donors (Lipinski definition) is 2. The second kappa shape index (κ2) is 7.60. The van der Waals surface area contributed by atoms with Crippen LogP contribution in [0.1, 0.15) is 23.3 Å². The summed E-state index contributed by atoms with van der Waals surface area (Å²) in [4.78, 5) is 45.1. The van der Waals surface area contributed by atoms with Gasteiger partial charge < -0.3 is 20.7 Å². The zero-order chi connectivity index (χ0) is 18.5. The maximum Gasteiger partial charge on any atom is 0.361 e. The first-order chi connectivity index (χ1) is 12.6. The number of carbonyl (C=O) groups excluding carboxylic acids is 3. The summed E-state index contributed by atoms with van der Waals surface area (Å²) in [5.41, 5.74) is 6.49. The zero-order valence-electron chi connectivity index (χ0n) is 13.8. The lowest BCUT2D eigenvalue weighted by atomic mass is 10.2. The molecule has 9 nitrogen and oxygen atoms in total. The van der Waals surface area contributed by atoms with Gasteiger partial charge in [-0.3, -0.25) is 9.59 Å². The molecular formula is C17H17N5O4. The van der Waals surface area contributed by atoms with Crippen molar-refractivity contribution in [2.75, 3.05) is 29.1 Å². The van der Waals surface area contributed by atoms with Crippen molar-refractivity contribution in [3.63, 3.8) is 0 Å². The van der Waals surface area contributed by atoms with E-state index in [1.165, 1.54) is 12.4 Å². The van der Waals surface area contributed by atoms with Gasteiger partial charge in [0.1, 0.15) is 0 Å². The van der Waals surface area contributed by atoms with Gasteiger partial charge in [0.15, 0.2) is 18.1 Å². The molecule has 3 N–H and O–H groups in total. The number of para-hydroxylation sites is 2. The van der Waals surface area contributed by atoms with Crippen molar-refractivity contribution in [1.29, 1.82) is 0 Å². The van der Waals surface area contributed by atoms with Crippen molar-refractivity contribution in [1.82, 2.24) is 9.97 Å². The van der Waals surface area contributed by atoms with Crippen LogP contribution in [-0.2, 0) is 14.3 Å². The monoisotopic (exact) mass is 355 g/mol. The van der Waals surface area contributed by atoms with Crippen LogP contribution in [0.3, 0.4) is 0 Å². The van der Waals surface area contributed by atoms with Gasteiger partial charge in [0.05, 0.1) is 11.4 Å². The molecule has 1 fully saturated rings. The van der Waals surface area contributed by atoms with Crippen molar-refractivity contribution < 1.29 is 19.1 Å². The maximum absolute atomic E-state index is 12.1. The first-order valence-corrected chi connectivity index (χ1v) is 7.99. The Bertz CT molecular complexity index is 855. The smallest absolute Gasteiger partial charge is 0.361 e. The fraction of sp³-hybridized carbons (Fsp3) is 0.235. The number of rotatable bonds is 5. The van der Waals surface area contributed by atoms with Gasteiger partial charge >= 0.3 is 5.97 Å². The van der Waals surface area contributed by atoms with Gasteiger partial charge in [0.2, 0.25) is 5.91 Å². The molecule has 1 aliphatic heterocycles. The lowest BCUT2D eigenvalue weighted by molar-refractivity contribution is -0.119. The summed E-state index contributed by atoms with van der Waals surface area (Å²) >= 11 is 0. The number of benzene rings is 1. The summed E-state index contributed by atoms with van der Waals surface area (Å²) in [6, 6.07) is 6.96. The number of nitrogen functional groups attached to an aromatic ring is 1. The molecule has 0 unspecified atom stereocenters. The normalized spacial score (nSPS) is 13.5. The minimum absolute atomic E-state index is 0.0104. The molecule has 2 aromatic rings. The van der Waals surface area contributed by atoms with Crippen LogP contribution < -0.4 is 16.0 Å². The van der Waals surface area contributed by atoms with Gasteiger partial charge in [-0.2, -0.15) is 0 Å². The van der Waals surface area contributed by atoms with E-state index in [0.717, 1.165) is 6.42 Å². The van der Waals surface area contributed by atoms with Gasteiger partial charge in [0, 0.05) is 25.4 Å². The van der Waals surface area contributed by atoms with Gasteiger partial charge in [0.25, 0.3) is 5.91 Å². The summed E-state index contributed by atoms with van der Waals surface area (Å²) in [6.45, 7) is 0.0871. The highest BCUT2D eigenvalue weighted by Crippen LogP contribution is 2.29. The molecular weight excluding hydrogens is 338 g/mol. The predicted molar refractivity (Wildman–Crippen MR) is 93.4 cm³/mol. The first kappa shape index (κ1) is 17.3. The largest absolute Gasteiger partial charge is 0.451 e. The van der Waals surface area contributed by atoms with Gasteiger partial charge in [-0.15, -0.1) is 0 Å². The minimum atomic E-state index is -0.839. The molecule has 134 valence electrons. The van der Waals surface area contributed by atoms with Crippen LogP contribution in [0.4, 0.5) is 17.2 Å². The Morgan fingerprint density at radius 2 is 2.00 bits per heavy atom. The molecule has 0 spiro atoms. The van der Waals surface area contributed by atoms with E-state index in [9.17, 15) is 14.4 Å². The average Bonchev–Trinajstić information content (AvgIpc) is 3.06. The average molecular weight is 355 g/mol. The van der Waals surface area contributed by atoms with Crippen LogP contribution in [0, 0.1) is 0 Å². The number of hydrogen-bond acceptors (Lipinski definition) is 7. The van der Waals surface area contributed by atoms with E-state index in [1.807, 2.05) is 0 Å². The molecule has 0 radical (unpaired) electrons. The van der Waals surface area contributed by atoms with E-state index in [0.29, 0.717) is 24.3 Å². The van der Waals surface area contributed by atoms with Crippen LogP contribution in [0.25, 0.3) is 0 Å². The number of carbonyl (C=O) groups is 3. The Morgan fingerprint density at radius 1 is 1.23 bits per heavy atom. The van der Waals surface area contributed by atoms with Crippen molar-refractivity contribution in [2.45, 2.75) is 12.8 Å². The number of amides is 2. The number of ether oxygens (including phenoxy) is 1. The molecule has 2 heterocycles. The van der Waals surface area contributed by atoms with Crippen LogP contribution in [-0.4, -0.2) is 40.9 Å². The highest BCUT2D eigenvalue weighted by molar-refractivity contribution is 6.03. The Kier molecular flexibility index (Phi) is 5.07. The Balaban J connectivity index is 1.63. The zero-order valence-corrected chi connectivity index (χ0v) is 13.8. The van der Waals surface area contributed by atoms with Crippen molar-refractivity contribution in [2.24, 2.45) is 0 Å². The predicted octanol–water partition coefficient (Wildman–Crippen LogP) is 0.981. The van der Waals surface area contributed by atoms with Crippen LogP contribution in [0.15, 0.2) is 36.7 Å². The van der Waals surface area contributed by atoms with E-state index in [2.05, 4.69) is 15.3 Å². The highest BCUT2D eigenvalue weighted by Gasteiger charge is 2.24. The Hall–Kier alpha value is -3.49. The fourth-order valence-electron chi connectivity index (χ4n) is 2.61. The van der Waals surface area contributed by atoms with Crippen molar-refractivity contribution in [3.05, 3.63) is 42.4 Å². The fourth-order valence-corrected chi connectivity index (χ4v) is 2.61. The van der Waals surface area contributed by atoms with E-state index in [1.54, 1.807) is 29.2 Å². The molecule has 9 heteroatoms. The summed E-state index contributed by atoms with van der Waals surface area (Å²) in [7, 11) is 0. The minimum Gasteiger partial charge on any atom is -0.451 e. The molecule has 0 bridgehead atoms. The number of nitrogens with one attached hydrogen (secondary N) is 1. The topological polar surface area (TPSA) is 128 Å². The number of aromatic nitrogens is 2. The SMILES string of the molecule is Nc1nccnc1C(=O)OCC(=O)Nc1ccccc1N1CCCC1=O. The standard InChI is InChI=1S/C17H17N5O4/c18-16-15(19-7-8-20-16)17(25)26-10-13(23)21-11-4-1-2-5-12(11)22-9-3-6-14(22)24/h1-2,4-5,7-8H,3,6,9-10H2,(H2,18,20)(H,21,23). The molecule has 2 amide bonds. The first-order valence-electron chi connectivity index (χ1n) is 7.99. The second-order valence-electron chi connectivity index (χ2n) is 5.58. The quantitative estimate of drug-likeness (QED) is 0.765. The number of nitrogens with two attached hydrogens (primary N) is 1. The van der Waals surface area contributed by atoms with Crippen LogP contribution in [0.2, 0.25) is 0 Å². The van der Waals surface area contributed by atoms with E-state index in [-0.39, 0.29) is 17.4 Å².